The molecule has 1 aromatic heterocycles. The van der Waals surface area contributed by atoms with Crippen molar-refractivity contribution in [2.24, 2.45) is 0 Å². The summed E-state index contributed by atoms with van der Waals surface area (Å²) in [6.45, 7) is 4.09. The van der Waals surface area contributed by atoms with Gasteiger partial charge in [0.05, 0.1) is 37.2 Å². The van der Waals surface area contributed by atoms with Crippen LogP contribution in [0.4, 0.5) is 24.7 Å². The number of carbonyl (C=O) groups excluding carboxylic acids is 1. The number of aromatic nitrogens is 1. The summed E-state index contributed by atoms with van der Waals surface area (Å²) in [6.07, 6.45) is -2.21. The molecule has 10 heteroatoms. The predicted octanol–water partition coefficient (Wildman–Crippen LogP) is 5.08. The van der Waals surface area contributed by atoms with Gasteiger partial charge in [-0.1, -0.05) is 12.1 Å². The third-order valence-corrected chi connectivity index (χ3v) is 6.21. The molecular weight excluding hydrogens is 485 g/mol. The van der Waals surface area contributed by atoms with Crippen LogP contribution >= 0.6 is 0 Å². The molecule has 1 fully saturated rings. The highest BCUT2D eigenvalue weighted by atomic mass is 19.4. The number of hydrogen-bond donors (Lipinski definition) is 1. The van der Waals surface area contributed by atoms with E-state index in [1.807, 2.05) is 18.2 Å². The van der Waals surface area contributed by atoms with E-state index < -0.39 is 23.2 Å². The highest BCUT2D eigenvalue weighted by molar-refractivity contribution is 6.05. The highest BCUT2D eigenvalue weighted by Crippen LogP contribution is 2.32. The molecule has 1 aliphatic rings. The van der Waals surface area contributed by atoms with Crippen LogP contribution in [0.3, 0.4) is 0 Å². The summed E-state index contributed by atoms with van der Waals surface area (Å²) in [6, 6.07) is 14.0. The van der Waals surface area contributed by atoms with Crippen LogP contribution in [-0.2, 0) is 12.7 Å². The van der Waals surface area contributed by atoms with E-state index in [4.69, 9.17) is 9.47 Å². The van der Waals surface area contributed by atoms with Gasteiger partial charge in [0.2, 0.25) is 0 Å². The van der Waals surface area contributed by atoms with E-state index in [-0.39, 0.29) is 0 Å². The molecule has 3 aromatic rings. The van der Waals surface area contributed by atoms with Crippen LogP contribution in [0, 0.1) is 0 Å². The van der Waals surface area contributed by atoms with Gasteiger partial charge in [0.1, 0.15) is 17.3 Å². The standard InChI is InChI=1S/C27H29F3N4O3/c1-36-21-14-19(15-22(16-21)37-2)18-33-10-5-11-34(13-12-33)25-9-8-20(17-31-25)32-26(35)23-6-3-4-7-24(23)27(28,29)30/h3-4,6-9,14-17H,5,10-13,18H2,1-2H3,(H,32,35). The Labute approximate surface area is 213 Å². The lowest BCUT2D eigenvalue weighted by Crippen LogP contribution is -2.31. The largest absolute Gasteiger partial charge is 0.497 e. The third kappa shape index (κ3) is 6.71. The van der Waals surface area contributed by atoms with Crippen LogP contribution in [0.15, 0.2) is 60.8 Å². The number of nitrogens with zero attached hydrogens (tertiary/aromatic N) is 3. The van der Waals surface area contributed by atoms with Crippen molar-refractivity contribution in [2.75, 3.05) is 50.6 Å². The van der Waals surface area contributed by atoms with Gasteiger partial charge < -0.3 is 19.7 Å². The molecule has 1 N–H and O–H groups in total. The Bertz CT molecular complexity index is 1200. The van der Waals surface area contributed by atoms with Crippen LogP contribution in [0.25, 0.3) is 0 Å². The first-order valence-electron chi connectivity index (χ1n) is 11.9. The van der Waals surface area contributed by atoms with Crippen LogP contribution in [0.2, 0.25) is 0 Å². The Balaban J connectivity index is 1.37. The highest BCUT2D eigenvalue weighted by Gasteiger charge is 2.34. The molecule has 0 radical (unpaired) electrons. The number of alkyl halides is 3. The lowest BCUT2D eigenvalue weighted by Gasteiger charge is -2.23. The van der Waals surface area contributed by atoms with Crippen molar-refractivity contribution in [1.82, 2.24) is 9.88 Å². The van der Waals surface area contributed by atoms with Crippen molar-refractivity contribution in [1.29, 1.82) is 0 Å². The zero-order chi connectivity index (χ0) is 26.4. The summed E-state index contributed by atoms with van der Waals surface area (Å²) in [5, 5.41) is 2.52. The van der Waals surface area contributed by atoms with E-state index in [1.54, 1.807) is 26.4 Å². The number of pyridine rings is 1. The summed E-state index contributed by atoms with van der Waals surface area (Å²) in [4.78, 5) is 21.5. The molecule has 196 valence electrons. The fraction of sp³-hybridized carbons (Fsp3) is 0.333. The van der Waals surface area contributed by atoms with Crippen LogP contribution in [0.5, 0.6) is 11.5 Å². The van der Waals surface area contributed by atoms with E-state index in [0.29, 0.717) is 5.69 Å². The van der Waals surface area contributed by atoms with Crippen molar-refractivity contribution in [3.63, 3.8) is 0 Å². The Morgan fingerprint density at radius 3 is 2.35 bits per heavy atom. The molecule has 1 saturated heterocycles. The molecule has 0 atom stereocenters. The fourth-order valence-corrected chi connectivity index (χ4v) is 4.35. The van der Waals surface area contributed by atoms with E-state index in [1.165, 1.54) is 18.3 Å². The van der Waals surface area contributed by atoms with Gasteiger partial charge in [0.25, 0.3) is 5.91 Å². The minimum absolute atomic E-state index is 0.328. The average Bonchev–Trinajstić information content (AvgIpc) is 3.14. The van der Waals surface area contributed by atoms with Crippen molar-refractivity contribution in [3.05, 3.63) is 77.5 Å². The molecule has 37 heavy (non-hydrogen) atoms. The average molecular weight is 515 g/mol. The summed E-state index contributed by atoms with van der Waals surface area (Å²) >= 11 is 0. The molecule has 2 heterocycles. The molecule has 0 unspecified atom stereocenters. The molecule has 0 aliphatic carbocycles. The fourth-order valence-electron chi connectivity index (χ4n) is 4.35. The van der Waals surface area contributed by atoms with Gasteiger partial charge in [-0.15, -0.1) is 0 Å². The number of amides is 1. The molecule has 0 saturated carbocycles. The number of hydrogen-bond acceptors (Lipinski definition) is 6. The lowest BCUT2D eigenvalue weighted by atomic mass is 10.1. The molecule has 0 bridgehead atoms. The van der Waals surface area contributed by atoms with Gasteiger partial charge >= 0.3 is 6.18 Å². The second-order valence-electron chi connectivity index (χ2n) is 8.74. The Kier molecular flexibility index (Phi) is 8.17. The zero-order valence-corrected chi connectivity index (χ0v) is 20.7. The Hall–Kier alpha value is -3.79. The predicted molar refractivity (Wildman–Crippen MR) is 135 cm³/mol. The number of nitrogens with one attached hydrogen (secondary N) is 1. The SMILES string of the molecule is COc1cc(CN2CCCN(c3ccc(NC(=O)c4ccccc4C(F)(F)F)cn3)CC2)cc(OC)c1. The number of halogens is 3. The summed E-state index contributed by atoms with van der Waals surface area (Å²) < 4.78 is 50.5. The topological polar surface area (TPSA) is 66.9 Å². The van der Waals surface area contributed by atoms with Crippen LogP contribution in [-0.4, -0.2) is 56.2 Å². The summed E-state index contributed by atoms with van der Waals surface area (Å²) in [5.74, 6) is 1.42. The van der Waals surface area contributed by atoms with Crippen LogP contribution < -0.4 is 19.7 Å². The molecule has 1 aliphatic heterocycles. The van der Waals surface area contributed by atoms with Crippen molar-refractivity contribution in [3.8, 4) is 11.5 Å². The van der Waals surface area contributed by atoms with Crippen molar-refractivity contribution >= 4 is 17.4 Å². The van der Waals surface area contributed by atoms with Crippen LogP contribution in [0.1, 0.15) is 27.9 Å². The monoisotopic (exact) mass is 514 g/mol. The van der Waals surface area contributed by atoms with Gasteiger partial charge in [-0.3, -0.25) is 9.69 Å². The number of methoxy groups -OCH3 is 2. The maximum absolute atomic E-state index is 13.2. The second kappa shape index (κ2) is 11.5. The zero-order valence-electron chi connectivity index (χ0n) is 20.7. The number of carbonyl (C=O) groups is 1. The quantitative estimate of drug-likeness (QED) is 0.474. The third-order valence-electron chi connectivity index (χ3n) is 6.21. The molecule has 0 spiro atoms. The van der Waals surface area contributed by atoms with E-state index in [0.717, 1.165) is 74.2 Å². The Morgan fingerprint density at radius 2 is 1.70 bits per heavy atom. The number of rotatable bonds is 7. The number of anilines is 2. The van der Waals surface area contributed by atoms with E-state index in [2.05, 4.69) is 20.1 Å². The molecule has 4 rings (SSSR count). The first kappa shape index (κ1) is 26.3. The minimum Gasteiger partial charge on any atom is -0.497 e. The van der Waals surface area contributed by atoms with Crippen molar-refractivity contribution < 1.29 is 27.4 Å². The Morgan fingerprint density at radius 1 is 0.973 bits per heavy atom. The van der Waals surface area contributed by atoms with Crippen molar-refractivity contribution in [2.45, 2.75) is 19.1 Å². The lowest BCUT2D eigenvalue weighted by molar-refractivity contribution is -0.137. The van der Waals surface area contributed by atoms with Gasteiger partial charge in [-0.05, 0) is 48.4 Å². The summed E-state index contributed by atoms with van der Waals surface area (Å²) in [5.41, 5.74) is 0.0306. The second-order valence-corrected chi connectivity index (χ2v) is 8.74. The first-order chi connectivity index (χ1) is 17.8. The summed E-state index contributed by atoms with van der Waals surface area (Å²) in [7, 11) is 3.26. The maximum Gasteiger partial charge on any atom is 0.417 e. The molecule has 7 nitrogen and oxygen atoms in total. The van der Waals surface area contributed by atoms with Gasteiger partial charge in [0.15, 0.2) is 0 Å². The minimum atomic E-state index is -4.62. The molecule has 1 amide bonds. The number of ether oxygens (including phenoxy) is 2. The van der Waals surface area contributed by atoms with E-state index >= 15 is 0 Å². The maximum atomic E-state index is 13.2. The normalized spacial score (nSPS) is 14.7. The molecular formula is C27H29F3N4O3. The molecule has 2 aromatic carbocycles. The smallest absolute Gasteiger partial charge is 0.417 e. The first-order valence-corrected chi connectivity index (χ1v) is 11.9. The van der Waals surface area contributed by atoms with E-state index in [9.17, 15) is 18.0 Å². The van der Waals surface area contributed by atoms with Gasteiger partial charge in [0, 0.05) is 38.8 Å². The van der Waals surface area contributed by atoms with Gasteiger partial charge in [-0.2, -0.15) is 13.2 Å². The number of benzene rings is 2. The van der Waals surface area contributed by atoms with Gasteiger partial charge in [-0.25, -0.2) is 4.98 Å².